The lowest BCUT2D eigenvalue weighted by molar-refractivity contribution is -0.128. The molecule has 6 heteroatoms. The second-order valence-electron chi connectivity index (χ2n) is 7.45. The van der Waals surface area contributed by atoms with Crippen LogP contribution in [0.4, 0.5) is 16.2 Å². The van der Waals surface area contributed by atoms with Crippen molar-refractivity contribution in [3.63, 3.8) is 0 Å². The number of nitrogens with zero attached hydrogens (tertiary/aromatic N) is 2. The van der Waals surface area contributed by atoms with Gasteiger partial charge in [-0.15, -0.1) is 0 Å². The summed E-state index contributed by atoms with van der Waals surface area (Å²) in [6.45, 7) is 6.26. The third-order valence-electron chi connectivity index (χ3n) is 5.16. The minimum absolute atomic E-state index is 0.186. The van der Waals surface area contributed by atoms with E-state index in [9.17, 15) is 9.59 Å². The molecule has 0 aromatic heterocycles. The van der Waals surface area contributed by atoms with E-state index in [-0.39, 0.29) is 17.9 Å². The number of amides is 3. The van der Waals surface area contributed by atoms with Crippen molar-refractivity contribution >= 4 is 23.3 Å². The molecule has 0 bridgehead atoms. The van der Waals surface area contributed by atoms with Crippen molar-refractivity contribution in [1.29, 1.82) is 0 Å². The number of rotatable bonds is 6. The Morgan fingerprint density at radius 2 is 1.88 bits per heavy atom. The molecule has 2 fully saturated rings. The third kappa shape index (κ3) is 4.90. The van der Waals surface area contributed by atoms with E-state index in [4.69, 9.17) is 0 Å². The Kier molecular flexibility index (Phi) is 6.36. The Balaban J connectivity index is 1.49. The number of anilines is 2. The van der Waals surface area contributed by atoms with E-state index in [1.165, 1.54) is 19.3 Å². The van der Waals surface area contributed by atoms with Crippen molar-refractivity contribution in [3.8, 4) is 0 Å². The normalized spacial score (nSPS) is 18.7. The first-order valence-corrected chi connectivity index (χ1v) is 9.80. The van der Waals surface area contributed by atoms with Gasteiger partial charge >= 0.3 is 6.03 Å². The van der Waals surface area contributed by atoms with Gasteiger partial charge in [0, 0.05) is 39.1 Å². The van der Waals surface area contributed by atoms with Gasteiger partial charge in [0.25, 0.3) is 0 Å². The van der Waals surface area contributed by atoms with Crippen LogP contribution in [-0.4, -0.2) is 49.6 Å². The fraction of sp³-hybridized carbons (Fsp3) is 0.600. The van der Waals surface area contributed by atoms with E-state index < -0.39 is 0 Å². The summed E-state index contributed by atoms with van der Waals surface area (Å²) in [6, 6.07) is 7.81. The number of carbonyl (C=O) groups is 2. The quantitative estimate of drug-likeness (QED) is 0.821. The molecular weight excluding hydrogens is 328 g/mol. The number of piperidine rings is 1. The standard InChI is InChI=1S/C20H30N4O2/c1-16(15-24-13-7-10-19(24)25)14-21-20(26)22-17-8-3-4-9-18(17)23-11-5-2-6-12-23/h3-4,8-9,16H,2,5-7,10-15H2,1H3,(H2,21,22,26). The van der Waals surface area contributed by atoms with Gasteiger partial charge in [-0.05, 0) is 43.7 Å². The molecule has 0 saturated carbocycles. The minimum Gasteiger partial charge on any atom is -0.370 e. The van der Waals surface area contributed by atoms with Gasteiger partial charge in [0.2, 0.25) is 5.91 Å². The van der Waals surface area contributed by atoms with Crippen molar-refractivity contribution in [3.05, 3.63) is 24.3 Å². The smallest absolute Gasteiger partial charge is 0.319 e. The summed E-state index contributed by atoms with van der Waals surface area (Å²) < 4.78 is 0. The number of para-hydroxylation sites is 2. The summed E-state index contributed by atoms with van der Waals surface area (Å²) in [6.07, 6.45) is 5.30. The number of urea groups is 1. The van der Waals surface area contributed by atoms with Gasteiger partial charge in [0.1, 0.15) is 0 Å². The average molecular weight is 358 g/mol. The Morgan fingerprint density at radius 1 is 1.12 bits per heavy atom. The Labute approximate surface area is 155 Å². The van der Waals surface area contributed by atoms with Gasteiger partial charge in [-0.2, -0.15) is 0 Å². The molecule has 2 aliphatic rings. The summed E-state index contributed by atoms with van der Waals surface area (Å²) in [4.78, 5) is 28.3. The zero-order valence-electron chi connectivity index (χ0n) is 15.7. The van der Waals surface area contributed by atoms with Gasteiger partial charge in [-0.25, -0.2) is 4.79 Å². The van der Waals surface area contributed by atoms with Crippen LogP contribution < -0.4 is 15.5 Å². The second kappa shape index (κ2) is 8.92. The van der Waals surface area contributed by atoms with Crippen LogP contribution in [0.25, 0.3) is 0 Å². The molecule has 142 valence electrons. The molecule has 0 aliphatic carbocycles. The fourth-order valence-electron chi connectivity index (χ4n) is 3.76. The van der Waals surface area contributed by atoms with E-state index in [1.54, 1.807) is 0 Å². The predicted molar refractivity (Wildman–Crippen MR) is 105 cm³/mol. The van der Waals surface area contributed by atoms with Crippen LogP contribution in [0, 0.1) is 5.92 Å². The first-order chi connectivity index (χ1) is 12.6. The summed E-state index contributed by atoms with van der Waals surface area (Å²) in [5.41, 5.74) is 1.95. The van der Waals surface area contributed by atoms with Crippen molar-refractivity contribution in [1.82, 2.24) is 10.2 Å². The fourth-order valence-corrected chi connectivity index (χ4v) is 3.76. The second-order valence-corrected chi connectivity index (χ2v) is 7.45. The van der Waals surface area contributed by atoms with Crippen molar-refractivity contribution in [2.24, 2.45) is 5.92 Å². The molecule has 3 rings (SSSR count). The highest BCUT2D eigenvalue weighted by molar-refractivity contribution is 5.93. The van der Waals surface area contributed by atoms with Crippen LogP contribution in [0.3, 0.4) is 0 Å². The number of likely N-dealkylation sites (tertiary alicyclic amines) is 1. The van der Waals surface area contributed by atoms with Crippen molar-refractivity contribution < 1.29 is 9.59 Å². The molecular formula is C20H30N4O2. The molecule has 2 heterocycles. The van der Waals surface area contributed by atoms with E-state index in [2.05, 4.69) is 28.5 Å². The molecule has 1 atom stereocenters. The maximum Gasteiger partial charge on any atom is 0.319 e. The number of hydrogen-bond donors (Lipinski definition) is 2. The summed E-state index contributed by atoms with van der Waals surface area (Å²) in [7, 11) is 0. The van der Waals surface area contributed by atoms with Crippen LogP contribution in [0.15, 0.2) is 24.3 Å². The lowest BCUT2D eigenvalue weighted by Crippen LogP contribution is -2.38. The summed E-state index contributed by atoms with van der Waals surface area (Å²) in [5, 5.41) is 5.94. The highest BCUT2D eigenvalue weighted by Crippen LogP contribution is 2.28. The summed E-state index contributed by atoms with van der Waals surface area (Å²) in [5.74, 6) is 0.469. The van der Waals surface area contributed by atoms with Gasteiger partial charge in [-0.3, -0.25) is 4.79 Å². The molecule has 3 amide bonds. The molecule has 2 aliphatic heterocycles. The predicted octanol–water partition coefficient (Wildman–Crippen LogP) is 3.06. The van der Waals surface area contributed by atoms with Crippen LogP contribution >= 0.6 is 0 Å². The summed E-state index contributed by atoms with van der Waals surface area (Å²) >= 11 is 0. The van der Waals surface area contributed by atoms with Gasteiger partial charge in [-0.1, -0.05) is 19.1 Å². The van der Waals surface area contributed by atoms with Gasteiger partial charge in [0.05, 0.1) is 11.4 Å². The van der Waals surface area contributed by atoms with Crippen LogP contribution in [-0.2, 0) is 4.79 Å². The SMILES string of the molecule is CC(CNC(=O)Nc1ccccc1N1CCCCC1)CN1CCCC1=O. The molecule has 26 heavy (non-hydrogen) atoms. The zero-order chi connectivity index (χ0) is 18.4. The van der Waals surface area contributed by atoms with Crippen LogP contribution in [0.1, 0.15) is 39.0 Å². The Bertz CT molecular complexity index is 628. The number of nitrogens with one attached hydrogen (secondary N) is 2. The lowest BCUT2D eigenvalue weighted by atomic mass is 10.1. The van der Waals surface area contributed by atoms with Gasteiger partial charge in [0.15, 0.2) is 0 Å². The average Bonchev–Trinajstić information content (AvgIpc) is 3.06. The monoisotopic (exact) mass is 358 g/mol. The van der Waals surface area contributed by atoms with E-state index in [1.807, 2.05) is 23.1 Å². The van der Waals surface area contributed by atoms with Crippen LogP contribution in [0.5, 0.6) is 0 Å². The molecule has 1 aromatic rings. The highest BCUT2D eigenvalue weighted by atomic mass is 16.2. The minimum atomic E-state index is -0.186. The maximum absolute atomic E-state index is 12.3. The van der Waals surface area contributed by atoms with Crippen LogP contribution in [0.2, 0.25) is 0 Å². The largest absolute Gasteiger partial charge is 0.370 e. The first kappa shape index (κ1) is 18.5. The van der Waals surface area contributed by atoms with Gasteiger partial charge < -0.3 is 20.4 Å². The molecule has 6 nitrogen and oxygen atoms in total. The van der Waals surface area contributed by atoms with Crippen molar-refractivity contribution in [2.75, 3.05) is 42.9 Å². The molecule has 0 spiro atoms. The van der Waals surface area contributed by atoms with E-state index in [0.29, 0.717) is 19.5 Å². The highest BCUT2D eigenvalue weighted by Gasteiger charge is 2.22. The third-order valence-corrected chi connectivity index (χ3v) is 5.16. The molecule has 1 aromatic carbocycles. The first-order valence-electron chi connectivity index (χ1n) is 9.80. The Hall–Kier alpha value is -2.24. The topological polar surface area (TPSA) is 64.7 Å². The number of hydrogen-bond acceptors (Lipinski definition) is 3. The number of carbonyl (C=O) groups excluding carboxylic acids is 2. The molecule has 1 unspecified atom stereocenters. The van der Waals surface area contributed by atoms with Crippen molar-refractivity contribution in [2.45, 2.75) is 39.0 Å². The number of benzene rings is 1. The van der Waals surface area contributed by atoms with E-state index in [0.717, 1.165) is 37.4 Å². The maximum atomic E-state index is 12.3. The molecule has 2 saturated heterocycles. The zero-order valence-corrected chi connectivity index (χ0v) is 15.7. The van der Waals surface area contributed by atoms with E-state index >= 15 is 0 Å². The Morgan fingerprint density at radius 3 is 2.62 bits per heavy atom. The molecule has 0 radical (unpaired) electrons. The molecule has 2 N–H and O–H groups in total. The lowest BCUT2D eigenvalue weighted by Gasteiger charge is -2.30.